The van der Waals surface area contributed by atoms with Gasteiger partial charge in [0.2, 0.25) is 5.91 Å². The number of aromatic nitrogens is 1. The number of fused-ring (bicyclic) bond motifs is 1. The Balaban J connectivity index is 1.78. The second-order valence-corrected chi connectivity index (χ2v) is 7.31. The predicted molar refractivity (Wildman–Crippen MR) is 102 cm³/mol. The Kier molecular flexibility index (Phi) is 4.31. The first-order chi connectivity index (χ1) is 12.6. The van der Waals surface area contributed by atoms with E-state index in [1.54, 1.807) is 20.2 Å². The number of hydrogen-bond acceptors (Lipinski definition) is 4. The van der Waals surface area contributed by atoms with Crippen LogP contribution in [0.2, 0.25) is 0 Å². The van der Waals surface area contributed by atoms with Crippen LogP contribution in [-0.4, -0.2) is 24.0 Å². The van der Waals surface area contributed by atoms with Gasteiger partial charge in [-0.2, -0.15) is 0 Å². The van der Waals surface area contributed by atoms with Crippen LogP contribution in [0, 0.1) is 11.8 Å². The molecule has 5 nitrogen and oxygen atoms in total. The van der Waals surface area contributed by atoms with Crippen molar-refractivity contribution in [2.45, 2.75) is 38.8 Å². The summed E-state index contributed by atoms with van der Waals surface area (Å²) in [5.41, 5.74) is 2.15. The van der Waals surface area contributed by atoms with E-state index >= 15 is 0 Å². The monoisotopic (exact) mass is 351 g/mol. The van der Waals surface area contributed by atoms with Gasteiger partial charge < -0.3 is 15.0 Å². The van der Waals surface area contributed by atoms with Gasteiger partial charge in [-0.25, -0.2) is 4.98 Å². The normalized spacial score (nSPS) is 24.7. The smallest absolute Gasteiger partial charge is 0.224 e. The molecule has 26 heavy (non-hydrogen) atoms. The fourth-order valence-corrected chi connectivity index (χ4v) is 4.32. The van der Waals surface area contributed by atoms with E-state index in [0.717, 1.165) is 22.8 Å². The van der Waals surface area contributed by atoms with Crippen LogP contribution in [0.15, 0.2) is 42.6 Å². The molecule has 0 radical (unpaired) electrons. The Morgan fingerprint density at radius 2 is 2.00 bits per heavy atom. The second kappa shape index (κ2) is 6.63. The lowest BCUT2D eigenvalue weighted by Gasteiger charge is -2.45. The van der Waals surface area contributed by atoms with E-state index in [1.165, 1.54) is 12.8 Å². The maximum absolute atomic E-state index is 12.5. The van der Waals surface area contributed by atoms with Crippen molar-refractivity contribution in [2.75, 3.05) is 17.3 Å². The number of nitrogens with zero attached hydrogens (tertiary/aromatic N) is 2. The van der Waals surface area contributed by atoms with Gasteiger partial charge in [-0.1, -0.05) is 25.1 Å². The van der Waals surface area contributed by atoms with Crippen molar-refractivity contribution in [2.24, 2.45) is 11.8 Å². The van der Waals surface area contributed by atoms with E-state index < -0.39 is 0 Å². The van der Waals surface area contributed by atoms with Gasteiger partial charge in [0, 0.05) is 30.8 Å². The molecule has 0 saturated heterocycles. The molecule has 136 valence electrons. The average Bonchev–Trinajstić information content (AvgIpc) is 3.48. The number of rotatable bonds is 4. The Bertz CT molecular complexity index is 818. The van der Waals surface area contributed by atoms with Crippen LogP contribution in [0.25, 0.3) is 0 Å². The lowest BCUT2D eigenvalue weighted by molar-refractivity contribution is -0.117. The van der Waals surface area contributed by atoms with Gasteiger partial charge in [-0.05, 0) is 42.5 Å². The van der Waals surface area contributed by atoms with Crippen molar-refractivity contribution in [3.63, 3.8) is 0 Å². The summed E-state index contributed by atoms with van der Waals surface area (Å²) in [5, 5.41) is 3.60. The van der Waals surface area contributed by atoms with Crippen molar-refractivity contribution in [3.8, 4) is 5.75 Å². The maximum Gasteiger partial charge on any atom is 0.224 e. The number of methoxy groups -OCH3 is 1. The minimum Gasteiger partial charge on any atom is -0.493 e. The van der Waals surface area contributed by atoms with E-state index in [4.69, 9.17) is 4.74 Å². The number of nitrogens with one attached hydrogen (secondary N) is 1. The highest BCUT2D eigenvalue weighted by molar-refractivity contribution is 5.94. The molecule has 3 atom stereocenters. The molecule has 1 N–H and O–H groups in total. The van der Waals surface area contributed by atoms with E-state index in [2.05, 4.69) is 29.4 Å². The molecule has 0 bridgehead atoms. The molecule has 2 aromatic rings. The summed E-state index contributed by atoms with van der Waals surface area (Å²) in [6.45, 7) is 3.91. The molecule has 1 aromatic heterocycles. The highest BCUT2D eigenvalue weighted by Crippen LogP contribution is 2.50. The van der Waals surface area contributed by atoms with Crippen LogP contribution in [0.5, 0.6) is 5.75 Å². The third-order valence-electron chi connectivity index (χ3n) is 5.62. The summed E-state index contributed by atoms with van der Waals surface area (Å²) >= 11 is 0. The Morgan fingerprint density at radius 3 is 2.69 bits per heavy atom. The molecule has 2 heterocycles. The van der Waals surface area contributed by atoms with Crippen LogP contribution in [0.1, 0.15) is 38.3 Å². The largest absolute Gasteiger partial charge is 0.493 e. The number of anilines is 2. The first-order valence-corrected chi connectivity index (χ1v) is 9.26. The van der Waals surface area contributed by atoms with Gasteiger partial charge in [0.1, 0.15) is 0 Å². The molecule has 3 unspecified atom stereocenters. The Labute approximate surface area is 154 Å². The van der Waals surface area contributed by atoms with Crippen molar-refractivity contribution >= 4 is 17.4 Å². The number of ether oxygens (including phenoxy) is 1. The lowest BCUT2D eigenvalue weighted by atomic mass is 9.80. The molecule has 0 spiro atoms. The van der Waals surface area contributed by atoms with Crippen molar-refractivity contribution in [1.29, 1.82) is 0 Å². The van der Waals surface area contributed by atoms with Crippen LogP contribution < -0.4 is 15.0 Å². The van der Waals surface area contributed by atoms with Gasteiger partial charge in [-0.15, -0.1) is 0 Å². The van der Waals surface area contributed by atoms with Gasteiger partial charge in [0.05, 0.1) is 13.2 Å². The molecule has 1 aliphatic carbocycles. The van der Waals surface area contributed by atoms with Crippen molar-refractivity contribution in [1.82, 2.24) is 4.98 Å². The van der Waals surface area contributed by atoms with Crippen LogP contribution in [0.4, 0.5) is 11.5 Å². The summed E-state index contributed by atoms with van der Waals surface area (Å²) in [4.78, 5) is 19.0. The van der Waals surface area contributed by atoms with Crippen LogP contribution in [0.3, 0.4) is 0 Å². The van der Waals surface area contributed by atoms with Gasteiger partial charge in [0.15, 0.2) is 11.6 Å². The topological polar surface area (TPSA) is 54.5 Å². The van der Waals surface area contributed by atoms with Crippen molar-refractivity contribution < 1.29 is 9.53 Å². The van der Waals surface area contributed by atoms with Crippen LogP contribution in [-0.2, 0) is 4.79 Å². The maximum atomic E-state index is 12.5. The minimum absolute atomic E-state index is 0.0798. The molecule has 4 rings (SSSR count). The minimum atomic E-state index is 0.0798. The average molecular weight is 351 g/mol. The molecule has 1 aliphatic heterocycles. The standard InChI is InChI=1S/C21H25N3O2/c1-13-19(23-21-18(26-3)9-6-12-22-21)16-7-4-5-8-17(16)24(14(2)25)20(13)15-10-11-15/h4-9,12-13,15,19-20H,10-11H2,1-3H3,(H,22,23). The zero-order valence-corrected chi connectivity index (χ0v) is 15.5. The molecular weight excluding hydrogens is 326 g/mol. The first kappa shape index (κ1) is 16.9. The number of benzene rings is 1. The summed E-state index contributed by atoms with van der Waals surface area (Å²) in [5.74, 6) is 2.45. The summed E-state index contributed by atoms with van der Waals surface area (Å²) in [6.07, 6.45) is 4.16. The van der Waals surface area contributed by atoms with E-state index in [9.17, 15) is 4.79 Å². The molecule has 1 aromatic carbocycles. The summed E-state index contributed by atoms with van der Waals surface area (Å²) in [7, 11) is 1.66. The third-order valence-corrected chi connectivity index (χ3v) is 5.62. The Morgan fingerprint density at radius 1 is 1.23 bits per heavy atom. The molecular formula is C21H25N3O2. The summed E-state index contributed by atoms with van der Waals surface area (Å²) in [6, 6.07) is 12.3. The summed E-state index contributed by atoms with van der Waals surface area (Å²) < 4.78 is 5.47. The quantitative estimate of drug-likeness (QED) is 0.904. The first-order valence-electron chi connectivity index (χ1n) is 9.26. The van der Waals surface area contributed by atoms with Gasteiger partial charge in [-0.3, -0.25) is 4.79 Å². The van der Waals surface area contributed by atoms with Crippen LogP contribution >= 0.6 is 0 Å². The number of para-hydroxylation sites is 1. The number of amides is 1. The predicted octanol–water partition coefficient (Wildman–Crippen LogP) is 4.02. The number of carbonyl (C=O) groups excluding carboxylic acids is 1. The molecule has 1 saturated carbocycles. The fraction of sp³-hybridized carbons (Fsp3) is 0.429. The van der Waals surface area contributed by atoms with Gasteiger partial charge in [0.25, 0.3) is 0 Å². The zero-order valence-electron chi connectivity index (χ0n) is 15.5. The number of pyridine rings is 1. The zero-order chi connectivity index (χ0) is 18.3. The Hall–Kier alpha value is -2.56. The molecule has 1 fully saturated rings. The fourth-order valence-electron chi connectivity index (χ4n) is 4.32. The van der Waals surface area contributed by atoms with E-state index in [1.807, 2.05) is 29.2 Å². The van der Waals surface area contributed by atoms with Gasteiger partial charge >= 0.3 is 0 Å². The molecule has 5 heteroatoms. The highest BCUT2D eigenvalue weighted by atomic mass is 16.5. The van der Waals surface area contributed by atoms with E-state index in [0.29, 0.717) is 5.92 Å². The third kappa shape index (κ3) is 2.81. The lowest BCUT2D eigenvalue weighted by Crippen LogP contribution is -2.51. The van der Waals surface area contributed by atoms with E-state index in [-0.39, 0.29) is 23.9 Å². The number of carbonyl (C=O) groups is 1. The number of hydrogen-bond donors (Lipinski definition) is 1. The van der Waals surface area contributed by atoms with Crippen molar-refractivity contribution in [3.05, 3.63) is 48.2 Å². The molecule has 2 aliphatic rings. The highest BCUT2D eigenvalue weighted by Gasteiger charge is 2.47. The SMILES string of the molecule is COc1cccnc1NC1c2ccccc2N(C(C)=O)C(C2CC2)C1C. The second-order valence-electron chi connectivity index (χ2n) is 7.31. The molecule has 1 amide bonds.